The smallest absolute Gasteiger partial charge is 0.410 e. The third kappa shape index (κ3) is 2.78. The van der Waals surface area contributed by atoms with Crippen LogP contribution < -0.4 is 5.32 Å². The van der Waals surface area contributed by atoms with Crippen molar-refractivity contribution in [2.24, 2.45) is 0 Å². The standard InChI is InChI=1S/C13H24N2O3/c1-13(2,3)18-12(17)15-9-4-5-11(15)10(6-7-16)14-8-9/h9-11,14,16H,4-8H2,1-3H3/t9-,10+,11+/m1/s1. The van der Waals surface area contributed by atoms with Crippen LogP contribution in [-0.2, 0) is 4.74 Å². The molecule has 2 saturated heterocycles. The van der Waals surface area contributed by atoms with E-state index in [-0.39, 0.29) is 30.8 Å². The summed E-state index contributed by atoms with van der Waals surface area (Å²) in [5.74, 6) is 0. The van der Waals surface area contributed by atoms with Crippen molar-refractivity contribution in [2.45, 2.75) is 63.8 Å². The van der Waals surface area contributed by atoms with Crippen LogP contribution in [0.1, 0.15) is 40.0 Å². The molecule has 1 amide bonds. The van der Waals surface area contributed by atoms with Crippen LogP contribution in [0.3, 0.4) is 0 Å². The molecule has 18 heavy (non-hydrogen) atoms. The number of hydrogen-bond donors (Lipinski definition) is 2. The van der Waals surface area contributed by atoms with Gasteiger partial charge in [-0.1, -0.05) is 0 Å². The van der Waals surface area contributed by atoms with Crippen molar-refractivity contribution in [2.75, 3.05) is 13.2 Å². The van der Waals surface area contributed by atoms with E-state index in [9.17, 15) is 4.79 Å². The summed E-state index contributed by atoms with van der Waals surface area (Å²) in [5.41, 5.74) is -0.451. The van der Waals surface area contributed by atoms with E-state index in [0.717, 1.165) is 19.4 Å². The fourth-order valence-corrected chi connectivity index (χ4v) is 2.96. The topological polar surface area (TPSA) is 61.8 Å². The molecule has 2 bridgehead atoms. The molecule has 3 atom stereocenters. The van der Waals surface area contributed by atoms with Gasteiger partial charge in [-0.2, -0.15) is 0 Å². The first-order valence-corrected chi connectivity index (χ1v) is 6.78. The molecule has 5 heteroatoms. The molecule has 2 N–H and O–H groups in total. The van der Waals surface area contributed by atoms with Crippen molar-refractivity contribution >= 4 is 6.09 Å². The van der Waals surface area contributed by atoms with Gasteiger partial charge >= 0.3 is 6.09 Å². The summed E-state index contributed by atoms with van der Waals surface area (Å²) in [6.45, 7) is 6.63. The summed E-state index contributed by atoms with van der Waals surface area (Å²) in [5, 5.41) is 12.5. The summed E-state index contributed by atoms with van der Waals surface area (Å²) in [6.07, 6.45) is 2.51. The quantitative estimate of drug-likeness (QED) is 0.777. The molecule has 0 aromatic rings. The van der Waals surface area contributed by atoms with E-state index in [1.165, 1.54) is 0 Å². The molecule has 0 spiro atoms. The van der Waals surface area contributed by atoms with E-state index in [1.54, 1.807) is 0 Å². The van der Waals surface area contributed by atoms with E-state index >= 15 is 0 Å². The van der Waals surface area contributed by atoms with Gasteiger partial charge in [-0.15, -0.1) is 0 Å². The van der Waals surface area contributed by atoms with Crippen LogP contribution in [0.2, 0.25) is 0 Å². The molecule has 0 saturated carbocycles. The van der Waals surface area contributed by atoms with Crippen LogP contribution in [0.25, 0.3) is 0 Å². The third-order valence-electron chi connectivity index (χ3n) is 3.67. The number of carbonyl (C=O) groups is 1. The van der Waals surface area contributed by atoms with Gasteiger partial charge in [0.05, 0.1) is 6.04 Å². The van der Waals surface area contributed by atoms with Crippen molar-refractivity contribution < 1.29 is 14.6 Å². The van der Waals surface area contributed by atoms with Crippen LogP contribution in [0, 0.1) is 0 Å². The number of amides is 1. The van der Waals surface area contributed by atoms with Gasteiger partial charge in [-0.05, 0) is 40.0 Å². The minimum Gasteiger partial charge on any atom is -0.444 e. The average molecular weight is 256 g/mol. The summed E-state index contributed by atoms with van der Waals surface area (Å²) in [6, 6.07) is 0.617. The van der Waals surface area contributed by atoms with E-state index in [1.807, 2.05) is 25.7 Å². The third-order valence-corrected chi connectivity index (χ3v) is 3.67. The lowest BCUT2D eigenvalue weighted by atomic mass is 10.0. The average Bonchev–Trinajstić information content (AvgIpc) is 2.56. The summed E-state index contributed by atoms with van der Waals surface area (Å²) < 4.78 is 5.48. The minimum absolute atomic E-state index is 0.154. The van der Waals surface area contributed by atoms with Gasteiger partial charge < -0.3 is 15.2 Å². The first kappa shape index (κ1) is 13.6. The van der Waals surface area contributed by atoms with Gasteiger partial charge in [0.25, 0.3) is 0 Å². The lowest BCUT2D eigenvalue weighted by molar-refractivity contribution is 0.00267. The van der Waals surface area contributed by atoms with Crippen molar-refractivity contribution in [3.63, 3.8) is 0 Å². The first-order valence-electron chi connectivity index (χ1n) is 6.78. The highest BCUT2D eigenvalue weighted by atomic mass is 16.6. The number of ether oxygens (including phenoxy) is 1. The summed E-state index contributed by atoms with van der Waals surface area (Å²) >= 11 is 0. The zero-order valence-corrected chi connectivity index (χ0v) is 11.5. The summed E-state index contributed by atoms with van der Waals surface area (Å²) in [4.78, 5) is 14.1. The molecule has 2 aliphatic rings. The Balaban J connectivity index is 2.05. The molecular formula is C13H24N2O3. The molecule has 0 aliphatic carbocycles. The van der Waals surface area contributed by atoms with E-state index in [4.69, 9.17) is 9.84 Å². The molecule has 2 rings (SSSR count). The van der Waals surface area contributed by atoms with Crippen molar-refractivity contribution in [1.29, 1.82) is 0 Å². The highest BCUT2D eigenvalue weighted by Gasteiger charge is 2.45. The number of nitrogens with zero attached hydrogens (tertiary/aromatic N) is 1. The zero-order valence-electron chi connectivity index (χ0n) is 11.5. The number of piperazine rings is 1. The van der Waals surface area contributed by atoms with Crippen LogP contribution >= 0.6 is 0 Å². The Kier molecular flexibility index (Phi) is 3.82. The number of fused-ring (bicyclic) bond motifs is 2. The van der Waals surface area contributed by atoms with Crippen LogP contribution in [0.4, 0.5) is 4.79 Å². The van der Waals surface area contributed by atoms with Crippen LogP contribution in [-0.4, -0.2) is 53.0 Å². The van der Waals surface area contributed by atoms with E-state index in [2.05, 4.69) is 5.32 Å². The number of aliphatic hydroxyl groups is 1. The molecule has 104 valence electrons. The zero-order chi connectivity index (χ0) is 13.3. The van der Waals surface area contributed by atoms with Crippen molar-refractivity contribution in [3.8, 4) is 0 Å². The molecule has 2 heterocycles. The lowest BCUT2D eigenvalue weighted by Gasteiger charge is -2.41. The molecule has 2 aliphatic heterocycles. The Morgan fingerprint density at radius 1 is 1.44 bits per heavy atom. The van der Waals surface area contributed by atoms with Gasteiger partial charge in [0.15, 0.2) is 0 Å². The maximum atomic E-state index is 12.2. The Morgan fingerprint density at radius 3 is 2.78 bits per heavy atom. The highest BCUT2D eigenvalue weighted by molar-refractivity contribution is 5.70. The second-order valence-electron chi connectivity index (χ2n) is 6.21. The number of aliphatic hydroxyl groups excluding tert-OH is 1. The number of hydrogen-bond acceptors (Lipinski definition) is 4. The highest BCUT2D eigenvalue weighted by Crippen LogP contribution is 2.32. The van der Waals surface area contributed by atoms with Crippen LogP contribution in [0.5, 0.6) is 0 Å². The Hall–Kier alpha value is -0.810. The molecule has 5 nitrogen and oxygen atoms in total. The SMILES string of the molecule is CC(C)(C)OC(=O)N1[C@@H]2CC[C@H]1[C@H](CCO)NC2. The maximum absolute atomic E-state index is 12.2. The second-order valence-corrected chi connectivity index (χ2v) is 6.21. The van der Waals surface area contributed by atoms with Crippen molar-refractivity contribution in [1.82, 2.24) is 10.2 Å². The maximum Gasteiger partial charge on any atom is 0.410 e. The van der Waals surface area contributed by atoms with E-state index in [0.29, 0.717) is 6.42 Å². The molecule has 0 aromatic carbocycles. The fraction of sp³-hybridized carbons (Fsp3) is 0.923. The monoisotopic (exact) mass is 256 g/mol. The van der Waals surface area contributed by atoms with Gasteiger partial charge in [0, 0.05) is 25.2 Å². The Bertz CT molecular complexity index is 314. The van der Waals surface area contributed by atoms with Crippen molar-refractivity contribution in [3.05, 3.63) is 0 Å². The van der Waals surface area contributed by atoms with E-state index < -0.39 is 5.60 Å². The van der Waals surface area contributed by atoms with Gasteiger partial charge in [0.1, 0.15) is 5.60 Å². The predicted octanol–water partition coefficient (Wildman–Crippen LogP) is 1.11. The van der Waals surface area contributed by atoms with Gasteiger partial charge in [0.2, 0.25) is 0 Å². The van der Waals surface area contributed by atoms with Gasteiger partial charge in [-0.25, -0.2) is 4.79 Å². The Morgan fingerprint density at radius 2 is 2.17 bits per heavy atom. The minimum atomic E-state index is -0.451. The molecular weight excluding hydrogens is 232 g/mol. The largest absolute Gasteiger partial charge is 0.444 e. The second kappa shape index (κ2) is 5.05. The molecule has 0 unspecified atom stereocenters. The first-order chi connectivity index (χ1) is 8.42. The number of rotatable bonds is 2. The lowest BCUT2D eigenvalue weighted by Crippen LogP contribution is -2.60. The van der Waals surface area contributed by atoms with Gasteiger partial charge in [-0.3, -0.25) is 4.90 Å². The fourth-order valence-electron chi connectivity index (χ4n) is 2.96. The molecule has 0 aromatic heterocycles. The predicted molar refractivity (Wildman–Crippen MR) is 68.4 cm³/mol. The Labute approximate surface area is 108 Å². The summed E-state index contributed by atoms with van der Waals surface area (Å²) in [7, 11) is 0. The van der Waals surface area contributed by atoms with Crippen LogP contribution in [0.15, 0.2) is 0 Å². The number of carbonyl (C=O) groups excluding carboxylic acids is 1. The normalized spacial score (nSPS) is 31.6. The molecule has 2 fully saturated rings. The number of nitrogens with one attached hydrogen (secondary N) is 1. The molecule has 0 radical (unpaired) electrons.